The van der Waals surface area contributed by atoms with Gasteiger partial charge in [0.15, 0.2) is 0 Å². The van der Waals surface area contributed by atoms with Crippen LogP contribution < -0.4 is 15.6 Å². The van der Waals surface area contributed by atoms with E-state index < -0.39 is 42.5 Å². The molecule has 3 aromatic rings. The summed E-state index contributed by atoms with van der Waals surface area (Å²) < 4.78 is 54.0. The minimum atomic E-state index is -4.59. The number of aromatic amines is 1. The van der Waals surface area contributed by atoms with Gasteiger partial charge in [0.05, 0.1) is 23.7 Å². The van der Waals surface area contributed by atoms with Crippen molar-refractivity contribution >= 4 is 20.0 Å². The lowest BCUT2D eigenvalue weighted by Gasteiger charge is -2.17. The molecule has 1 aromatic carbocycles. The van der Waals surface area contributed by atoms with Crippen LogP contribution in [0.4, 0.5) is 0 Å². The molecule has 156 valence electrons. The highest BCUT2D eigenvalue weighted by atomic mass is 32.2. The fourth-order valence-corrected chi connectivity index (χ4v) is 5.18. The van der Waals surface area contributed by atoms with Crippen LogP contribution in [0, 0.1) is 0 Å². The Hall–Kier alpha value is -2.76. The lowest BCUT2D eigenvalue weighted by atomic mass is 10.1. The lowest BCUT2D eigenvalue weighted by molar-refractivity contribution is 0.186. The number of tetrazole rings is 1. The lowest BCUT2D eigenvalue weighted by Crippen LogP contribution is -2.37. The Bertz CT molecular complexity index is 1190. The smallest absolute Gasteiger partial charge is 0.242 e. The molecule has 3 rings (SSSR count). The molecule has 0 spiro atoms. The van der Waals surface area contributed by atoms with Crippen molar-refractivity contribution < 1.29 is 21.9 Å². The van der Waals surface area contributed by atoms with Gasteiger partial charge in [-0.1, -0.05) is 0 Å². The first-order valence-electron chi connectivity index (χ1n) is 7.95. The molecular weight excluding hydrogens is 426 g/mol. The van der Waals surface area contributed by atoms with Crippen molar-refractivity contribution in [3.05, 3.63) is 30.9 Å². The first-order chi connectivity index (χ1) is 13.6. The Morgan fingerprint density at radius 1 is 1.28 bits per heavy atom. The second-order valence-corrected chi connectivity index (χ2v) is 9.01. The van der Waals surface area contributed by atoms with Crippen LogP contribution in [0.2, 0.25) is 0 Å². The van der Waals surface area contributed by atoms with Crippen LogP contribution in [0.3, 0.4) is 0 Å². The molecule has 1 unspecified atom stereocenters. The fourth-order valence-electron chi connectivity index (χ4n) is 2.51. The molecule has 0 saturated carbocycles. The van der Waals surface area contributed by atoms with E-state index in [0.29, 0.717) is 0 Å². The van der Waals surface area contributed by atoms with Gasteiger partial charge in [0.1, 0.15) is 9.79 Å². The number of benzene rings is 1. The number of H-pyrrole nitrogens is 1. The maximum Gasteiger partial charge on any atom is 0.242 e. The quantitative estimate of drug-likeness (QED) is 0.242. The summed E-state index contributed by atoms with van der Waals surface area (Å²) in [7, 11) is -9.01. The molecule has 16 heteroatoms. The van der Waals surface area contributed by atoms with Crippen molar-refractivity contribution in [3.63, 3.8) is 0 Å². The topological polar surface area (TPSA) is 225 Å². The van der Waals surface area contributed by atoms with Crippen LogP contribution >= 0.6 is 0 Å². The van der Waals surface area contributed by atoms with Gasteiger partial charge in [0.25, 0.3) is 0 Å². The molecule has 14 nitrogen and oxygen atoms in total. The summed E-state index contributed by atoms with van der Waals surface area (Å²) in [5.41, 5.74) is 5.27. The van der Waals surface area contributed by atoms with Crippen molar-refractivity contribution in [2.45, 2.75) is 15.9 Å². The predicted octanol–water partition coefficient (Wildman–Crippen LogP) is -2.70. The maximum atomic E-state index is 12.8. The molecule has 1 atom stereocenters. The molecule has 7 N–H and O–H groups in total. The number of imidazole rings is 1. The van der Waals surface area contributed by atoms with Crippen molar-refractivity contribution in [2.75, 3.05) is 13.1 Å². The molecule has 0 aliphatic carbocycles. The van der Waals surface area contributed by atoms with E-state index in [-0.39, 0.29) is 23.6 Å². The third-order valence-corrected chi connectivity index (χ3v) is 6.39. The molecule has 0 fully saturated rings. The Kier molecular flexibility index (Phi) is 5.73. The van der Waals surface area contributed by atoms with Gasteiger partial charge in [0.2, 0.25) is 25.9 Å². The average Bonchev–Trinajstić information content (AvgIpc) is 3.37. The minimum absolute atomic E-state index is 0.193. The molecule has 0 aliphatic heterocycles. The summed E-state index contributed by atoms with van der Waals surface area (Å²) in [6.45, 7) is -0.623. The minimum Gasteiger partial charge on any atom is -0.390 e. The van der Waals surface area contributed by atoms with Gasteiger partial charge in [-0.3, -0.25) is 0 Å². The van der Waals surface area contributed by atoms with Gasteiger partial charge in [0, 0.05) is 25.5 Å². The predicted molar refractivity (Wildman–Crippen MR) is 98.4 cm³/mol. The van der Waals surface area contributed by atoms with E-state index in [1.54, 1.807) is 0 Å². The summed E-state index contributed by atoms with van der Waals surface area (Å²) in [4.78, 5) is 2.51. The van der Waals surface area contributed by atoms with E-state index in [9.17, 15) is 21.9 Å². The summed E-state index contributed by atoms with van der Waals surface area (Å²) in [5.74, 6) is -0.197. The molecule has 2 heterocycles. The second kappa shape index (κ2) is 7.93. The maximum absolute atomic E-state index is 12.8. The number of hydrogen-bond acceptors (Lipinski definition) is 10. The largest absolute Gasteiger partial charge is 0.390 e. The Morgan fingerprint density at radius 2 is 2.03 bits per heavy atom. The first-order valence-corrected chi connectivity index (χ1v) is 11.0. The number of aliphatic hydroxyl groups excluding tert-OH is 1. The number of aliphatic hydroxyl groups is 1. The normalized spacial score (nSPS) is 13.5. The molecule has 0 amide bonds. The first kappa shape index (κ1) is 21.0. The SMILES string of the molecule is NCC(O)CNS(=O)(=O)c1ccc(-n2ccnc2)c(-c2nn[nH]n2)c1S(N)(=O)=O. The van der Waals surface area contributed by atoms with Gasteiger partial charge in [-0.25, -0.2) is 31.7 Å². The molecule has 0 saturated heterocycles. The number of sulfonamides is 2. The van der Waals surface area contributed by atoms with Crippen LogP contribution in [-0.4, -0.2) is 71.3 Å². The fraction of sp³-hybridized carbons (Fsp3) is 0.231. The molecule has 2 aromatic heterocycles. The summed E-state index contributed by atoms with van der Waals surface area (Å²) in [6.07, 6.45) is 3.16. The zero-order chi connectivity index (χ0) is 21.2. The highest BCUT2D eigenvalue weighted by Crippen LogP contribution is 2.35. The Balaban J connectivity index is 2.31. The van der Waals surface area contributed by atoms with Crippen LogP contribution in [0.1, 0.15) is 0 Å². The van der Waals surface area contributed by atoms with Crippen LogP contribution in [-0.2, 0) is 20.0 Å². The van der Waals surface area contributed by atoms with Crippen molar-refractivity contribution in [1.29, 1.82) is 0 Å². The van der Waals surface area contributed by atoms with Crippen LogP contribution in [0.5, 0.6) is 0 Å². The number of nitrogens with one attached hydrogen (secondary N) is 2. The van der Waals surface area contributed by atoms with E-state index in [4.69, 9.17) is 10.9 Å². The Labute approximate surface area is 165 Å². The number of rotatable bonds is 8. The molecule has 29 heavy (non-hydrogen) atoms. The van der Waals surface area contributed by atoms with Crippen molar-refractivity contribution in [2.24, 2.45) is 10.9 Å². The average molecular weight is 443 g/mol. The number of nitrogens with zero attached hydrogens (tertiary/aromatic N) is 5. The molecule has 0 radical (unpaired) electrons. The van der Waals surface area contributed by atoms with E-state index in [1.807, 2.05) is 0 Å². The van der Waals surface area contributed by atoms with Gasteiger partial charge in [-0.2, -0.15) is 5.21 Å². The number of nitrogens with two attached hydrogens (primary N) is 2. The summed E-state index contributed by atoms with van der Waals surface area (Å²) >= 11 is 0. The van der Waals surface area contributed by atoms with Crippen LogP contribution in [0.25, 0.3) is 17.1 Å². The summed E-state index contributed by atoms with van der Waals surface area (Å²) in [6, 6.07) is 2.41. The van der Waals surface area contributed by atoms with E-state index in [0.717, 1.165) is 6.07 Å². The van der Waals surface area contributed by atoms with Gasteiger partial charge in [-0.15, -0.1) is 10.2 Å². The van der Waals surface area contributed by atoms with Gasteiger partial charge < -0.3 is 15.4 Å². The molecule has 0 bridgehead atoms. The van der Waals surface area contributed by atoms with E-state index >= 15 is 0 Å². The highest BCUT2D eigenvalue weighted by Gasteiger charge is 2.32. The molecule has 0 aliphatic rings. The zero-order valence-corrected chi connectivity index (χ0v) is 16.3. The monoisotopic (exact) mass is 443 g/mol. The van der Waals surface area contributed by atoms with Crippen molar-refractivity contribution in [1.82, 2.24) is 34.9 Å². The van der Waals surface area contributed by atoms with E-state index in [1.165, 1.54) is 29.4 Å². The zero-order valence-electron chi connectivity index (χ0n) is 14.7. The summed E-state index contributed by atoms with van der Waals surface area (Å²) in [5, 5.41) is 28.0. The third kappa shape index (κ3) is 4.31. The van der Waals surface area contributed by atoms with Crippen molar-refractivity contribution in [3.8, 4) is 17.1 Å². The Morgan fingerprint density at radius 3 is 2.59 bits per heavy atom. The van der Waals surface area contributed by atoms with Gasteiger partial charge in [-0.05, 0) is 17.3 Å². The van der Waals surface area contributed by atoms with Crippen LogP contribution in [0.15, 0.2) is 40.6 Å². The van der Waals surface area contributed by atoms with Gasteiger partial charge >= 0.3 is 0 Å². The second-order valence-electron chi connectivity index (χ2n) is 5.78. The molecular formula is C13H17N9O5S2. The number of hydrogen-bond donors (Lipinski definition) is 5. The van der Waals surface area contributed by atoms with E-state index in [2.05, 4.69) is 30.3 Å². The third-order valence-electron chi connectivity index (χ3n) is 3.81. The standard InChI is InChI=1S/C13H17N9O5S2/c14-5-8(23)6-17-29(26,27)10-2-1-9(22-4-3-16-7-22)11(12(10)28(15,24)25)13-18-20-21-19-13/h1-4,7-8,17,23H,5-6,14H2,(H2,15,24,25)(H,18,19,20,21). The number of primary sulfonamides is 1. The number of aromatic nitrogens is 6. The highest BCUT2D eigenvalue weighted by molar-refractivity contribution is 7.92.